The highest BCUT2D eigenvalue weighted by Gasteiger charge is 1.98. The second kappa shape index (κ2) is 2.77. The van der Waals surface area contributed by atoms with E-state index in [0.29, 0.717) is 11.5 Å². The molecule has 2 aromatic rings. The summed E-state index contributed by atoms with van der Waals surface area (Å²) in [6.07, 6.45) is 3.22. The summed E-state index contributed by atoms with van der Waals surface area (Å²) >= 11 is 0. The monoisotopic (exact) mass is 166 g/mol. The summed E-state index contributed by atoms with van der Waals surface area (Å²) in [5.74, 6) is 0.604. The molecule has 2 rings (SSSR count). The van der Waals surface area contributed by atoms with Crippen molar-refractivity contribution in [2.45, 2.75) is 0 Å². The molecular formula is C7H7FN4. The first-order valence-corrected chi connectivity index (χ1v) is 3.50. The van der Waals surface area contributed by atoms with Crippen molar-refractivity contribution in [3.05, 3.63) is 24.5 Å². The molecule has 62 valence electrons. The molecule has 1 N–H and O–H groups in total. The third-order valence-electron chi connectivity index (χ3n) is 1.54. The lowest BCUT2D eigenvalue weighted by Crippen LogP contribution is -2.03. The van der Waals surface area contributed by atoms with Gasteiger partial charge in [0.25, 0.3) is 0 Å². The van der Waals surface area contributed by atoms with Crippen molar-refractivity contribution in [3.8, 4) is 0 Å². The summed E-state index contributed by atoms with van der Waals surface area (Å²) in [7, 11) is 0. The van der Waals surface area contributed by atoms with Crippen LogP contribution in [0.2, 0.25) is 0 Å². The molecule has 4 nitrogen and oxygen atoms in total. The Kier molecular flexibility index (Phi) is 1.62. The fourth-order valence-electron chi connectivity index (χ4n) is 1.04. The minimum absolute atomic E-state index is 0.604. The molecule has 0 aromatic carbocycles. The van der Waals surface area contributed by atoms with Crippen LogP contribution in [0.5, 0.6) is 0 Å². The minimum atomic E-state index is -0.612. The Labute approximate surface area is 68.0 Å². The summed E-state index contributed by atoms with van der Waals surface area (Å²) in [6, 6.07) is 3.42. The van der Waals surface area contributed by atoms with Gasteiger partial charge in [0.05, 0.1) is 6.20 Å². The molecule has 0 aliphatic carbocycles. The van der Waals surface area contributed by atoms with Crippen molar-refractivity contribution >= 4 is 11.5 Å². The van der Waals surface area contributed by atoms with Gasteiger partial charge >= 0.3 is 0 Å². The molecule has 0 unspecified atom stereocenters. The van der Waals surface area contributed by atoms with Crippen LogP contribution in [-0.2, 0) is 0 Å². The zero-order valence-electron chi connectivity index (χ0n) is 6.24. The van der Waals surface area contributed by atoms with Gasteiger partial charge < -0.3 is 5.32 Å². The van der Waals surface area contributed by atoms with Crippen LogP contribution in [0.1, 0.15) is 0 Å². The van der Waals surface area contributed by atoms with Crippen LogP contribution in [0.25, 0.3) is 5.65 Å². The highest BCUT2D eigenvalue weighted by molar-refractivity contribution is 5.46. The topological polar surface area (TPSA) is 42.2 Å². The summed E-state index contributed by atoms with van der Waals surface area (Å²) in [6.45, 7) is -0.612. The predicted octanol–water partition coefficient (Wildman–Crippen LogP) is 1.07. The molecule has 12 heavy (non-hydrogen) atoms. The van der Waals surface area contributed by atoms with Gasteiger partial charge in [-0.1, -0.05) is 0 Å². The number of nitrogens with zero attached hydrogens (tertiary/aromatic N) is 3. The molecule has 0 saturated heterocycles. The smallest absolute Gasteiger partial charge is 0.160 e. The normalized spacial score (nSPS) is 10.4. The maximum atomic E-state index is 11.9. The van der Waals surface area contributed by atoms with Gasteiger partial charge in [0.2, 0.25) is 0 Å². The zero-order valence-corrected chi connectivity index (χ0v) is 6.24. The van der Waals surface area contributed by atoms with Gasteiger partial charge in [0.1, 0.15) is 5.82 Å². The number of fused-ring (bicyclic) bond motifs is 1. The van der Waals surface area contributed by atoms with Crippen molar-refractivity contribution in [1.29, 1.82) is 0 Å². The Morgan fingerprint density at radius 1 is 1.42 bits per heavy atom. The van der Waals surface area contributed by atoms with E-state index in [0.717, 1.165) is 0 Å². The van der Waals surface area contributed by atoms with Gasteiger partial charge in [-0.25, -0.2) is 9.37 Å². The number of halogens is 1. The van der Waals surface area contributed by atoms with E-state index in [-0.39, 0.29) is 0 Å². The van der Waals surface area contributed by atoms with Crippen molar-refractivity contribution < 1.29 is 4.39 Å². The Balaban J connectivity index is 2.57. The van der Waals surface area contributed by atoms with Gasteiger partial charge in [0.15, 0.2) is 12.4 Å². The maximum absolute atomic E-state index is 11.9. The first-order chi connectivity index (χ1) is 5.92. The second-order valence-electron chi connectivity index (χ2n) is 2.24. The maximum Gasteiger partial charge on any atom is 0.160 e. The van der Waals surface area contributed by atoms with Crippen LogP contribution in [0.3, 0.4) is 0 Å². The molecule has 0 saturated carbocycles. The zero-order chi connectivity index (χ0) is 8.39. The first-order valence-electron chi connectivity index (χ1n) is 3.50. The minimum Gasteiger partial charge on any atom is -0.343 e. The van der Waals surface area contributed by atoms with Gasteiger partial charge in [0, 0.05) is 12.3 Å². The van der Waals surface area contributed by atoms with E-state index in [9.17, 15) is 4.39 Å². The molecular weight excluding hydrogens is 159 g/mol. The van der Waals surface area contributed by atoms with Crippen molar-refractivity contribution in [3.63, 3.8) is 0 Å². The van der Waals surface area contributed by atoms with E-state index in [2.05, 4.69) is 15.4 Å². The highest BCUT2D eigenvalue weighted by Crippen LogP contribution is 2.07. The van der Waals surface area contributed by atoms with Crippen LogP contribution in [0.15, 0.2) is 24.5 Å². The molecule has 0 radical (unpaired) electrons. The Bertz CT molecular complexity index is 384. The lowest BCUT2D eigenvalue weighted by molar-refractivity contribution is 0.533. The van der Waals surface area contributed by atoms with Crippen molar-refractivity contribution in [2.75, 3.05) is 12.1 Å². The largest absolute Gasteiger partial charge is 0.343 e. The predicted molar refractivity (Wildman–Crippen MR) is 42.6 cm³/mol. The first kappa shape index (κ1) is 7.02. The van der Waals surface area contributed by atoms with E-state index in [1.165, 1.54) is 0 Å². The SMILES string of the molecule is FCNc1ccnc2ccnn12. The number of nitrogens with one attached hydrogen (secondary N) is 1. The fraction of sp³-hybridized carbons (Fsp3) is 0.143. The quantitative estimate of drug-likeness (QED) is 0.678. The van der Waals surface area contributed by atoms with Crippen LogP contribution in [0.4, 0.5) is 10.2 Å². The summed E-state index contributed by atoms with van der Waals surface area (Å²) < 4.78 is 13.5. The molecule has 0 aliphatic rings. The van der Waals surface area contributed by atoms with Gasteiger partial charge in [-0.2, -0.15) is 9.61 Å². The summed E-state index contributed by atoms with van der Waals surface area (Å²) in [5, 5.41) is 6.49. The van der Waals surface area contributed by atoms with Crippen molar-refractivity contribution in [2.24, 2.45) is 0 Å². The van der Waals surface area contributed by atoms with Crippen LogP contribution < -0.4 is 5.32 Å². The molecule has 0 spiro atoms. The lowest BCUT2D eigenvalue weighted by Gasteiger charge is -2.02. The van der Waals surface area contributed by atoms with E-state index in [1.807, 2.05) is 0 Å². The summed E-state index contributed by atoms with van der Waals surface area (Å²) in [4.78, 5) is 4.02. The number of rotatable bonds is 2. The van der Waals surface area contributed by atoms with Gasteiger partial charge in [-0.3, -0.25) is 0 Å². The molecule has 0 fully saturated rings. The number of hydrogen-bond donors (Lipinski definition) is 1. The fourth-order valence-corrected chi connectivity index (χ4v) is 1.04. The third kappa shape index (κ3) is 0.990. The van der Waals surface area contributed by atoms with Crippen LogP contribution in [-0.4, -0.2) is 21.4 Å². The molecule has 0 amide bonds. The van der Waals surface area contributed by atoms with E-state index in [1.54, 1.807) is 29.0 Å². The molecule has 0 atom stereocenters. The number of aromatic nitrogens is 3. The average Bonchev–Trinajstić information content (AvgIpc) is 2.53. The van der Waals surface area contributed by atoms with Gasteiger partial charge in [-0.15, -0.1) is 0 Å². The van der Waals surface area contributed by atoms with Crippen LogP contribution >= 0.6 is 0 Å². The molecule has 2 aromatic heterocycles. The molecule has 2 heterocycles. The second-order valence-corrected chi connectivity index (χ2v) is 2.24. The Morgan fingerprint density at radius 3 is 3.17 bits per heavy atom. The average molecular weight is 166 g/mol. The van der Waals surface area contributed by atoms with Crippen LogP contribution in [0, 0.1) is 0 Å². The molecule has 5 heteroatoms. The molecule has 0 bridgehead atoms. The number of alkyl halides is 1. The van der Waals surface area contributed by atoms with E-state index >= 15 is 0 Å². The van der Waals surface area contributed by atoms with Crippen molar-refractivity contribution in [1.82, 2.24) is 14.6 Å². The third-order valence-corrected chi connectivity index (χ3v) is 1.54. The van der Waals surface area contributed by atoms with E-state index < -0.39 is 6.80 Å². The summed E-state index contributed by atoms with van der Waals surface area (Å²) in [5.41, 5.74) is 0.702. The van der Waals surface area contributed by atoms with Gasteiger partial charge in [-0.05, 0) is 6.07 Å². The number of anilines is 1. The standard InChI is InChI=1S/C7H7FN4/c8-5-10-7-1-3-9-6-2-4-11-12(6)7/h1-4,10H,5H2. The van der Waals surface area contributed by atoms with E-state index in [4.69, 9.17) is 0 Å². The Hall–Kier alpha value is -1.65. The number of hydrogen-bond acceptors (Lipinski definition) is 3. The molecule has 0 aliphatic heterocycles. The lowest BCUT2D eigenvalue weighted by atomic mass is 10.5. The Morgan fingerprint density at radius 2 is 2.33 bits per heavy atom. The highest BCUT2D eigenvalue weighted by atomic mass is 19.1.